The molecular weight excluding hydrogens is 454 g/mol. The second kappa shape index (κ2) is 8.73. The maximum absolute atomic E-state index is 14.9. The van der Waals surface area contributed by atoms with E-state index in [1.807, 2.05) is 4.90 Å². The van der Waals surface area contributed by atoms with Crippen molar-refractivity contribution >= 4 is 33.5 Å². The van der Waals surface area contributed by atoms with E-state index in [0.717, 1.165) is 0 Å². The van der Waals surface area contributed by atoms with Crippen molar-refractivity contribution < 1.29 is 17.7 Å². The summed E-state index contributed by atoms with van der Waals surface area (Å²) in [5.41, 5.74) is 0.116. The van der Waals surface area contributed by atoms with Crippen molar-refractivity contribution in [2.45, 2.75) is 18.9 Å². The lowest BCUT2D eigenvalue weighted by atomic mass is 10.2. The van der Waals surface area contributed by atoms with Crippen LogP contribution in [0.1, 0.15) is 12.8 Å². The van der Waals surface area contributed by atoms with E-state index in [1.54, 1.807) is 11.9 Å². The number of aromatic nitrogens is 4. The number of ether oxygens (including phenoxy) is 1. The standard InChI is InChI=1S/C21H24F2N6O3S/c1-27-19-15(12-24-27)20(30)26-21(25-19)29-6-4-28(5-7-29)18-16(22)10-14(11-17(18)23)32-13-2-8-33(31)9-3-13/h10-13H,2-9H2,1H3,(H,25,26,30). The van der Waals surface area contributed by atoms with Crippen LogP contribution in [0.4, 0.5) is 20.4 Å². The molecule has 176 valence electrons. The summed E-state index contributed by atoms with van der Waals surface area (Å²) in [6.45, 7) is 1.58. The first-order chi connectivity index (χ1) is 15.9. The Hall–Kier alpha value is -3.02. The summed E-state index contributed by atoms with van der Waals surface area (Å²) in [4.78, 5) is 23.1. The van der Waals surface area contributed by atoms with Crippen molar-refractivity contribution in [3.05, 3.63) is 40.3 Å². The number of H-pyrrole nitrogens is 1. The average molecular weight is 479 g/mol. The van der Waals surface area contributed by atoms with Crippen molar-refractivity contribution in [1.82, 2.24) is 19.7 Å². The third-order valence-corrected chi connectivity index (χ3v) is 7.49. The zero-order valence-corrected chi connectivity index (χ0v) is 18.9. The zero-order chi connectivity index (χ0) is 23.1. The SMILES string of the molecule is Cn1ncc2c(=O)[nH]c(N3CCN(c4c(F)cc(OC5CCS(=O)CC5)cc4F)CC3)nc21. The molecule has 1 N–H and O–H groups in total. The second-order valence-corrected chi connectivity index (χ2v) is 9.97. The number of halogens is 2. The first-order valence-corrected chi connectivity index (χ1v) is 12.3. The Labute approximate surface area is 190 Å². The molecule has 2 saturated heterocycles. The molecule has 2 fully saturated rings. The lowest BCUT2D eigenvalue weighted by molar-refractivity contribution is 0.189. The minimum atomic E-state index is -0.826. The molecule has 33 heavy (non-hydrogen) atoms. The third-order valence-electron chi connectivity index (χ3n) is 6.11. The van der Waals surface area contributed by atoms with Gasteiger partial charge in [-0.25, -0.2) is 8.78 Å². The number of hydrogen-bond donors (Lipinski definition) is 1. The van der Waals surface area contributed by atoms with Gasteiger partial charge in [-0.2, -0.15) is 10.1 Å². The van der Waals surface area contributed by atoms with E-state index in [1.165, 1.54) is 23.0 Å². The Balaban J connectivity index is 1.28. The van der Waals surface area contributed by atoms with Gasteiger partial charge in [0.2, 0.25) is 5.95 Å². The highest BCUT2D eigenvalue weighted by Gasteiger charge is 2.26. The van der Waals surface area contributed by atoms with Gasteiger partial charge in [-0.15, -0.1) is 0 Å². The first-order valence-electron chi connectivity index (χ1n) is 10.8. The van der Waals surface area contributed by atoms with Gasteiger partial charge in [0.25, 0.3) is 5.56 Å². The fourth-order valence-electron chi connectivity index (χ4n) is 4.31. The highest BCUT2D eigenvalue weighted by atomic mass is 32.2. The third kappa shape index (κ3) is 4.31. The summed E-state index contributed by atoms with van der Waals surface area (Å²) in [7, 11) is 0.887. The van der Waals surface area contributed by atoms with Crippen LogP contribution in [0.15, 0.2) is 23.1 Å². The summed E-state index contributed by atoms with van der Waals surface area (Å²) in [6.07, 6.45) is 2.51. The number of anilines is 2. The molecule has 0 atom stereocenters. The summed E-state index contributed by atoms with van der Waals surface area (Å²) < 4.78 is 48.5. The molecule has 1 aromatic carbocycles. The highest BCUT2D eigenvalue weighted by Crippen LogP contribution is 2.31. The molecule has 2 aromatic heterocycles. The quantitative estimate of drug-likeness (QED) is 0.608. The van der Waals surface area contributed by atoms with Crippen LogP contribution in [0.5, 0.6) is 5.75 Å². The van der Waals surface area contributed by atoms with Gasteiger partial charge in [-0.3, -0.25) is 18.7 Å². The Morgan fingerprint density at radius 1 is 1.09 bits per heavy atom. The predicted molar refractivity (Wildman–Crippen MR) is 121 cm³/mol. The van der Waals surface area contributed by atoms with E-state index in [9.17, 15) is 17.8 Å². The molecular formula is C21H24F2N6O3S. The average Bonchev–Trinajstić information content (AvgIpc) is 3.17. The van der Waals surface area contributed by atoms with Crippen LogP contribution in [-0.4, -0.2) is 67.7 Å². The Morgan fingerprint density at radius 3 is 2.39 bits per heavy atom. The van der Waals surface area contributed by atoms with Crippen LogP contribution in [0, 0.1) is 11.6 Å². The van der Waals surface area contributed by atoms with E-state index >= 15 is 0 Å². The molecule has 2 aliphatic heterocycles. The van der Waals surface area contributed by atoms with Gasteiger partial charge in [-0.1, -0.05) is 0 Å². The molecule has 0 unspecified atom stereocenters. The molecule has 0 spiro atoms. The van der Waals surface area contributed by atoms with Crippen molar-refractivity contribution in [1.29, 1.82) is 0 Å². The lowest BCUT2D eigenvalue weighted by Gasteiger charge is -2.36. The Morgan fingerprint density at radius 2 is 1.73 bits per heavy atom. The zero-order valence-electron chi connectivity index (χ0n) is 18.1. The minimum Gasteiger partial charge on any atom is -0.490 e. The summed E-state index contributed by atoms with van der Waals surface area (Å²) in [5.74, 6) is 0.295. The lowest BCUT2D eigenvalue weighted by Crippen LogP contribution is -2.48. The van der Waals surface area contributed by atoms with Crippen molar-refractivity contribution in [2.75, 3.05) is 47.5 Å². The molecule has 0 radical (unpaired) electrons. The van der Waals surface area contributed by atoms with Gasteiger partial charge >= 0.3 is 0 Å². The molecule has 0 bridgehead atoms. The summed E-state index contributed by atoms with van der Waals surface area (Å²) >= 11 is 0. The number of benzene rings is 1. The van der Waals surface area contributed by atoms with Gasteiger partial charge in [0.05, 0.1) is 6.20 Å². The van der Waals surface area contributed by atoms with Crippen LogP contribution < -0.4 is 20.1 Å². The van der Waals surface area contributed by atoms with Crippen LogP contribution in [0.2, 0.25) is 0 Å². The number of aromatic amines is 1. The first kappa shape index (κ1) is 21.8. The molecule has 12 heteroatoms. The summed E-state index contributed by atoms with van der Waals surface area (Å²) in [5, 5.41) is 4.47. The van der Waals surface area contributed by atoms with Crippen molar-refractivity contribution in [2.24, 2.45) is 7.05 Å². The second-order valence-electron chi connectivity index (χ2n) is 8.27. The van der Waals surface area contributed by atoms with Crippen LogP contribution in [-0.2, 0) is 17.8 Å². The molecule has 3 aromatic rings. The van der Waals surface area contributed by atoms with E-state index < -0.39 is 22.4 Å². The molecule has 0 aliphatic carbocycles. The molecule has 9 nitrogen and oxygen atoms in total. The van der Waals surface area contributed by atoms with E-state index in [-0.39, 0.29) is 23.1 Å². The van der Waals surface area contributed by atoms with Gasteiger partial charge < -0.3 is 14.5 Å². The molecule has 2 aliphatic rings. The number of nitrogens with one attached hydrogen (secondary N) is 1. The molecule has 4 heterocycles. The van der Waals surface area contributed by atoms with Gasteiger partial charge in [-0.05, 0) is 12.8 Å². The number of nitrogens with zero attached hydrogens (tertiary/aromatic N) is 5. The smallest absolute Gasteiger partial charge is 0.263 e. The normalized spacial score (nSPS) is 21.5. The van der Waals surface area contributed by atoms with E-state index in [0.29, 0.717) is 67.5 Å². The number of hydrogen-bond acceptors (Lipinski definition) is 7. The van der Waals surface area contributed by atoms with Gasteiger partial charge in [0.1, 0.15) is 22.9 Å². The van der Waals surface area contributed by atoms with Crippen LogP contribution in [0.3, 0.4) is 0 Å². The van der Waals surface area contributed by atoms with Crippen molar-refractivity contribution in [3.63, 3.8) is 0 Å². The fourth-order valence-corrected chi connectivity index (χ4v) is 5.56. The molecule has 0 amide bonds. The van der Waals surface area contributed by atoms with Crippen LogP contribution in [0.25, 0.3) is 11.0 Å². The fraction of sp³-hybridized carbons (Fsp3) is 0.476. The number of rotatable bonds is 4. The minimum absolute atomic E-state index is 0.0877. The van der Waals surface area contributed by atoms with Crippen LogP contribution >= 0.6 is 0 Å². The number of fused-ring (bicyclic) bond motifs is 1. The van der Waals surface area contributed by atoms with Crippen molar-refractivity contribution in [3.8, 4) is 5.75 Å². The van der Waals surface area contributed by atoms with E-state index in [2.05, 4.69) is 15.1 Å². The Bertz CT molecular complexity index is 1240. The molecule has 5 rings (SSSR count). The predicted octanol–water partition coefficient (Wildman–Crippen LogP) is 1.55. The van der Waals surface area contributed by atoms with Gasteiger partial charge in [0, 0.05) is 67.7 Å². The summed E-state index contributed by atoms with van der Waals surface area (Å²) in [6, 6.07) is 2.43. The highest BCUT2D eigenvalue weighted by molar-refractivity contribution is 7.85. The Kier molecular flexibility index (Phi) is 5.77. The topological polar surface area (TPSA) is 96.4 Å². The monoisotopic (exact) mass is 478 g/mol. The van der Waals surface area contributed by atoms with Gasteiger partial charge in [0.15, 0.2) is 17.3 Å². The number of piperazine rings is 1. The molecule has 0 saturated carbocycles. The van der Waals surface area contributed by atoms with E-state index in [4.69, 9.17) is 4.74 Å². The maximum Gasteiger partial charge on any atom is 0.263 e. The maximum atomic E-state index is 14.9. The largest absolute Gasteiger partial charge is 0.490 e. The number of aryl methyl sites for hydroxylation is 1.